The van der Waals surface area contributed by atoms with Crippen LogP contribution in [0.3, 0.4) is 0 Å². The monoisotopic (exact) mass is 645 g/mol. The topological polar surface area (TPSA) is 30.7 Å². The van der Waals surface area contributed by atoms with Crippen LogP contribution in [0.25, 0.3) is 72.4 Å². The number of nitrogens with zero attached hydrogens (tertiary/aromatic N) is 3. The van der Waals surface area contributed by atoms with Crippen molar-refractivity contribution in [1.29, 1.82) is 0 Å². The highest BCUT2D eigenvalue weighted by Crippen LogP contribution is 2.53. The second-order valence-corrected chi connectivity index (χ2v) is 18.9. The second-order valence-electron chi connectivity index (χ2n) is 14.6. The summed E-state index contributed by atoms with van der Waals surface area (Å²) in [5.41, 5.74) is 14.7. The first kappa shape index (κ1) is 28.4. The van der Waals surface area contributed by atoms with Gasteiger partial charge in [-0.25, -0.2) is 9.97 Å². The fraction of sp³-hybridized carbons (Fsp3) is 0.111. The summed E-state index contributed by atoms with van der Waals surface area (Å²) in [6, 6.07) is 50.8. The van der Waals surface area contributed by atoms with E-state index in [-0.39, 0.29) is 5.41 Å². The molecule has 234 valence electrons. The van der Waals surface area contributed by atoms with Crippen molar-refractivity contribution in [1.82, 2.24) is 14.5 Å². The zero-order chi connectivity index (χ0) is 33.1. The molecule has 0 saturated heterocycles. The Labute approximate surface area is 287 Å². The second kappa shape index (κ2) is 9.97. The smallest absolute Gasteiger partial charge is 0.159 e. The first-order chi connectivity index (χ1) is 23.8. The first-order valence-corrected chi connectivity index (χ1v) is 20.2. The third-order valence-corrected chi connectivity index (χ3v) is 14.5. The highest BCUT2D eigenvalue weighted by Gasteiger charge is 2.42. The molecule has 0 spiro atoms. The minimum Gasteiger partial charge on any atom is -0.309 e. The van der Waals surface area contributed by atoms with Crippen molar-refractivity contribution in [2.75, 3.05) is 0 Å². The van der Waals surface area contributed by atoms with Crippen LogP contribution in [0.5, 0.6) is 0 Å². The Hall–Kier alpha value is -5.58. The van der Waals surface area contributed by atoms with E-state index in [1.807, 2.05) is 0 Å². The van der Waals surface area contributed by atoms with Gasteiger partial charge in [0.25, 0.3) is 0 Å². The molecule has 1 aliphatic carbocycles. The number of hydrogen-bond acceptors (Lipinski definition) is 2. The predicted octanol–water partition coefficient (Wildman–Crippen LogP) is 10.0. The molecule has 49 heavy (non-hydrogen) atoms. The fourth-order valence-electron chi connectivity index (χ4n) is 8.82. The lowest BCUT2D eigenvalue weighted by Crippen LogP contribution is -2.50. The van der Waals surface area contributed by atoms with Gasteiger partial charge in [0, 0.05) is 43.9 Å². The highest BCUT2D eigenvalue weighted by molar-refractivity contribution is 7.03. The number of benzene rings is 6. The number of aromatic nitrogens is 3. The summed E-state index contributed by atoms with van der Waals surface area (Å²) >= 11 is 0. The van der Waals surface area contributed by atoms with E-state index in [1.165, 1.54) is 65.7 Å². The maximum Gasteiger partial charge on any atom is 0.159 e. The first-order valence-electron chi connectivity index (χ1n) is 17.2. The molecule has 8 aromatic rings. The van der Waals surface area contributed by atoms with Gasteiger partial charge in [-0.2, -0.15) is 0 Å². The fourth-order valence-corrected chi connectivity index (χ4v) is 11.7. The summed E-state index contributed by atoms with van der Waals surface area (Å²) < 4.78 is 2.48. The molecule has 0 fully saturated rings. The van der Waals surface area contributed by atoms with Crippen LogP contribution in [-0.4, -0.2) is 22.6 Å². The number of rotatable bonds is 3. The molecule has 2 aromatic heterocycles. The van der Waals surface area contributed by atoms with Gasteiger partial charge < -0.3 is 4.57 Å². The van der Waals surface area contributed by atoms with Crippen LogP contribution < -0.4 is 10.5 Å². The summed E-state index contributed by atoms with van der Waals surface area (Å²) in [5.74, 6) is 0.789. The average Bonchev–Trinajstić information content (AvgIpc) is 3.69. The molecular formula is C45H35N3Si. The number of para-hydroxylation sites is 1. The Morgan fingerprint density at radius 1 is 0.571 bits per heavy atom. The Bertz CT molecular complexity index is 2650. The molecule has 0 saturated carbocycles. The van der Waals surface area contributed by atoms with Crippen molar-refractivity contribution in [2.45, 2.75) is 32.4 Å². The summed E-state index contributed by atoms with van der Waals surface area (Å²) in [4.78, 5) is 10.7. The third kappa shape index (κ3) is 3.83. The molecule has 0 bridgehead atoms. The zero-order valence-electron chi connectivity index (χ0n) is 28.1. The lowest BCUT2D eigenvalue weighted by atomic mass is 9.81. The zero-order valence-corrected chi connectivity index (χ0v) is 29.1. The Balaban J connectivity index is 1.18. The largest absolute Gasteiger partial charge is 0.309 e. The molecule has 0 N–H and O–H groups in total. The molecule has 2 aliphatic rings. The standard InChI is InChI=1S/C45H35N3Si/c1-45(2)36-19-11-8-16-31(36)33-26-27-34-32-17-9-12-20-37(32)48(42(34)40(33)45)30-24-22-29(23-25-30)43-46-41(28-14-6-5-7-15-28)39-35-18-10-13-21-38(35)49(3,4)44(39)47-43/h5-27H,1-4H3. The van der Waals surface area contributed by atoms with Gasteiger partial charge in [-0.3, -0.25) is 0 Å². The van der Waals surface area contributed by atoms with Crippen LogP contribution in [0.4, 0.5) is 0 Å². The summed E-state index contributed by atoms with van der Waals surface area (Å²) in [6.45, 7) is 9.60. The van der Waals surface area contributed by atoms with Crippen molar-refractivity contribution in [3.05, 3.63) is 151 Å². The molecule has 0 atom stereocenters. The molecule has 3 nitrogen and oxygen atoms in total. The van der Waals surface area contributed by atoms with E-state index in [4.69, 9.17) is 9.97 Å². The van der Waals surface area contributed by atoms with E-state index in [0.717, 1.165) is 28.3 Å². The summed E-state index contributed by atoms with van der Waals surface area (Å²) in [7, 11) is -2.03. The van der Waals surface area contributed by atoms with E-state index < -0.39 is 8.07 Å². The maximum atomic E-state index is 5.40. The molecule has 6 aromatic carbocycles. The average molecular weight is 646 g/mol. The third-order valence-electron chi connectivity index (χ3n) is 11.2. The van der Waals surface area contributed by atoms with Crippen LogP contribution in [0, 0.1) is 0 Å². The SMILES string of the molecule is CC1(C)c2ccccc2-c2ccc3c4ccccc4n(-c4ccc(-c5nc(-c6ccccc6)c6c(n5)[Si](C)(C)c5ccccc5-6)cc4)c3c21. The lowest BCUT2D eigenvalue weighted by Gasteiger charge is -2.23. The summed E-state index contributed by atoms with van der Waals surface area (Å²) in [6.07, 6.45) is 0. The van der Waals surface area contributed by atoms with Gasteiger partial charge in [0.15, 0.2) is 5.82 Å². The molecule has 1 aliphatic heterocycles. The van der Waals surface area contributed by atoms with Gasteiger partial charge in [0.1, 0.15) is 8.07 Å². The molecule has 0 amide bonds. The van der Waals surface area contributed by atoms with E-state index in [2.05, 4.69) is 171 Å². The van der Waals surface area contributed by atoms with Crippen LogP contribution >= 0.6 is 0 Å². The van der Waals surface area contributed by atoms with E-state index in [0.29, 0.717) is 0 Å². The van der Waals surface area contributed by atoms with Gasteiger partial charge in [0.05, 0.1) is 16.7 Å². The highest BCUT2D eigenvalue weighted by atomic mass is 28.3. The van der Waals surface area contributed by atoms with Crippen LogP contribution in [0.1, 0.15) is 25.0 Å². The van der Waals surface area contributed by atoms with Crippen molar-refractivity contribution < 1.29 is 0 Å². The predicted molar refractivity (Wildman–Crippen MR) is 207 cm³/mol. The molecule has 4 heteroatoms. The van der Waals surface area contributed by atoms with Crippen molar-refractivity contribution in [3.8, 4) is 50.6 Å². The van der Waals surface area contributed by atoms with Crippen LogP contribution in [0.2, 0.25) is 13.1 Å². The van der Waals surface area contributed by atoms with E-state index in [1.54, 1.807) is 0 Å². The Morgan fingerprint density at radius 2 is 1.27 bits per heavy atom. The molecule has 3 heterocycles. The van der Waals surface area contributed by atoms with Crippen LogP contribution in [-0.2, 0) is 5.41 Å². The van der Waals surface area contributed by atoms with Crippen molar-refractivity contribution >= 4 is 40.4 Å². The van der Waals surface area contributed by atoms with Gasteiger partial charge in [0.2, 0.25) is 0 Å². The normalized spacial score (nSPS) is 14.9. The van der Waals surface area contributed by atoms with Gasteiger partial charge in [-0.1, -0.05) is 136 Å². The molecule has 10 rings (SSSR count). The molecule has 0 unspecified atom stereocenters. The Morgan fingerprint density at radius 3 is 2.08 bits per heavy atom. The molecule has 0 radical (unpaired) electrons. The summed E-state index contributed by atoms with van der Waals surface area (Å²) in [5, 5.41) is 5.23. The van der Waals surface area contributed by atoms with Crippen LogP contribution in [0.15, 0.2) is 140 Å². The number of fused-ring (bicyclic) bond motifs is 10. The quantitative estimate of drug-likeness (QED) is 0.179. The van der Waals surface area contributed by atoms with Crippen molar-refractivity contribution in [2.24, 2.45) is 0 Å². The molecular weight excluding hydrogens is 611 g/mol. The maximum absolute atomic E-state index is 5.40. The number of hydrogen-bond donors (Lipinski definition) is 0. The van der Waals surface area contributed by atoms with E-state index in [9.17, 15) is 0 Å². The Kier molecular flexibility index (Phi) is 5.79. The minimum absolute atomic E-state index is 0.127. The van der Waals surface area contributed by atoms with Gasteiger partial charge in [-0.05, 0) is 63.3 Å². The van der Waals surface area contributed by atoms with Gasteiger partial charge in [-0.15, -0.1) is 0 Å². The van der Waals surface area contributed by atoms with Crippen molar-refractivity contribution in [3.63, 3.8) is 0 Å². The van der Waals surface area contributed by atoms with Gasteiger partial charge >= 0.3 is 0 Å². The minimum atomic E-state index is -2.03. The van der Waals surface area contributed by atoms with E-state index >= 15 is 0 Å². The lowest BCUT2D eigenvalue weighted by molar-refractivity contribution is 0.664.